The second kappa shape index (κ2) is 9.76. The molecule has 0 heterocycles. The smallest absolute Gasteiger partial charge is 0.225 e. The van der Waals surface area contributed by atoms with Crippen molar-refractivity contribution in [2.45, 2.75) is 13.0 Å². The standard InChI is InChI=1S/C15H23BrN2O3/c1-18(2)14(19)7-9-21-15-12(5-4-6-13(15)16)11-17-8-10-20-3/h4-6,17H,7-11H2,1-3H3. The van der Waals surface area contributed by atoms with Crippen LogP contribution in [-0.2, 0) is 16.1 Å². The van der Waals surface area contributed by atoms with Crippen LogP contribution in [0.4, 0.5) is 0 Å². The highest BCUT2D eigenvalue weighted by Gasteiger charge is 2.10. The third kappa shape index (κ3) is 6.46. The van der Waals surface area contributed by atoms with Crippen LogP contribution in [0.3, 0.4) is 0 Å². The number of benzene rings is 1. The highest BCUT2D eigenvalue weighted by Crippen LogP contribution is 2.29. The molecule has 118 valence electrons. The maximum atomic E-state index is 11.6. The second-order valence-corrected chi connectivity index (χ2v) is 5.64. The van der Waals surface area contributed by atoms with Gasteiger partial charge >= 0.3 is 0 Å². The highest BCUT2D eigenvalue weighted by molar-refractivity contribution is 9.10. The topological polar surface area (TPSA) is 50.8 Å². The molecule has 0 aliphatic heterocycles. The number of nitrogens with zero attached hydrogens (tertiary/aromatic N) is 1. The van der Waals surface area contributed by atoms with E-state index in [1.807, 2.05) is 18.2 Å². The van der Waals surface area contributed by atoms with Gasteiger partial charge in [0.05, 0.1) is 24.1 Å². The number of amides is 1. The lowest BCUT2D eigenvalue weighted by atomic mass is 10.2. The number of rotatable bonds is 9. The molecule has 1 N–H and O–H groups in total. The van der Waals surface area contributed by atoms with E-state index in [-0.39, 0.29) is 5.91 Å². The summed E-state index contributed by atoms with van der Waals surface area (Å²) in [5.41, 5.74) is 1.05. The first kappa shape index (κ1) is 17.9. The van der Waals surface area contributed by atoms with E-state index in [1.54, 1.807) is 26.1 Å². The molecule has 21 heavy (non-hydrogen) atoms. The molecule has 0 fully saturated rings. The molecule has 6 heteroatoms. The van der Waals surface area contributed by atoms with Gasteiger partial charge in [-0.15, -0.1) is 0 Å². The molecular formula is C15H23BrN2O3. The number of carbonyl (C=O) groups is 1. The van der Waals surface area contributed by atoms with Crippen molar-refractivity contribution in [3.05, 3.63) is 28.2 Å². The van der Waals surface area contributed by atoms with Gasteiger partial charge in [-0.05, 0) is 22.0 Å². The molecule has 5 nitrogen and oxygen atoms in total. The molecule has 1 aromatic carbocycles. The van der Waals surface area contributed by atoms with E-state index < -0.39 is 0 Å². The molecule has 0 spiro atoms. The van der Waals surface area contributed by atoms with Crippen molar-refractivity contribution in [3.63, 3.8) is 0 Å². The van der Waals surface area contributed by atoms with E-state index in [1.165, 1.54) is 0 Å². The van der Waals surface area contributed by atoms with E-state index in [0.717, 1.165) is 22.3 Å². The number of ether oxygens (including phenoxy) is 2. The molecule has 0 bridgehead atoms. The molecule has 0 atom stereocenters. The molecule has 0 aliphatic rings. The first-order valence-electron chi connectivity index (χ1n) is 6.86. The van der Waals surface area contributed by atoms with E-state index in [0.29, 0.717) is 26.2 Å². The summed E-state index contributed by atoms with van der Waals surface area (Å²) in [6, 6.07) is 5.91. The highest BCUT2D eigenvalue weighted by atomic mass is 79.9. The zero-order chi connectivity index (χ0) is 15.7. The Hall–Kier alpha value is -1.11. The minimum absolute atomic E-state index is 0.0572. The zero-order valence-electron chi connectivity index (χ0n) is 12.8. The minimum atomic E-state index is 0.0572. The van der Waals surface area contributed by atoms with Crippen LogP contribution in [0.25, 0.3) is 0 Å². The summed E-state index contributed by atoms with van der Waals surface area (Å²) in [6.45, 7) is 2.51. The molecule has 0 aromatic heterocycles. The van der Waals surface area contributed by atoms with Crippen LogP contribution >= 0.6 is 15.9 Å². The summed E-state index contributed by atoms with van der Waals surface area (Å²) in [7, 11) is 5.16. The van der Waals surface area contributed by atoms with Gasteiger partial charge in [-0.25, -0.2) is 0 Å². The Morgan fingerprint density at radius 2 is 2.10 bits per heavy atom. The Morgan fingerprint density at radius 3 is 2.76 bits per heavy atom. The van der Waals surface area contributed by atoms with Gasteiger partial charge in [-0.3, -0.25) is 4.79 Å². The van der Waals surface area contributed by atoms with Crippen molar-refractivity contribution < 1.29 is 14.3 Å². The second-order valence-electron chi connectivity index (χ2n) is 4.78. The number of hydrogen-bond acceptors (Lipinski definition) is 4. The van der Waals surface area contributed by atoms with Crippen LogP contribution in [0.5, 0.6) is 5.75 Å². The fourth-order valence-electron chi connectivity index (χ4n) is 1.72. The van der Waals surface area contributed by atoms with Crippen molar-refractivity contribution in [2.75, 3.05) is 41.0 Å². The Morgan fingerprint density at radius 1 is 1.33 bits per heavy atom. The van der Waals surface area contributed by atoms with E-state index in [9.17, 15) is 4.79 Å². The maximum Gasteiger partial charge on any atom is 0.225 e. The summed E-state index contributed by atoms with van der Waals surface area (Å²) in [5, 5.41) is 3.29. The molecule has 0 saturated heterocycles. The molecular weight excluding hydrogens is 336 g/mol. The monoisotopic (exact) mass is 358 g/mol. The van der Waals surface area contributed by atoms with Gasteiger partial charge in [0.2, 0.25) is 5.91 Å². The number of carbonyl (C=O) groups excluding carboxylic acids is 1. The van der Waals surface area contributed by atoms with Gasteiger partial charge in [-0.1, -0.05) is 12.1 Å². The summed E-state index contributed by atoms with van der Waals surface area (Å²) in [6.07, 6.45) is 0.366. The van der Waals surface area contributed by atoms with Crippen molar-refractivity contribution in [2.24, 2.45) is 0 Å². The lowest BCUT2D eigenvalue weighted by Crippen LogP contribution is -2.23. The molecule has 1 amide bonds. The first-order valence-corrected chi connectivity index (χ1v) is 7.65. The molecule has 1 aromatic rings. The van der Waals surface area contributed by atoms with Crippen LogP contribution in [0.2, 0.25) is 0 Å². The largest absolute Gasteiger partial charge is 0.492 e. The summed E-state index contributed by atoms with van der Waals surface area (Å²) in [5.74, 6) is 0.843. The number of nitrogens with one attached hydrogen (secondary N) is 1. The van der Waals surface area contributed by atoms with Crippen LogP contribution in [0.15, 0.2) is 22.7 Å². The number of hydrogen-bond donors (Lipinski definition) is 1. The predicted molar refractivity (Wildman–Crippen MR) is 86.5 cm³/mol. The fourth-order valence-corrected chi connectivity index (χ4v) is 2.24. The molecule has 1 rings (SSSR count). The minimum Gasteiger partial charge on any atom is -0.492 e. The van der Waals surface area contributed by atoms with Crippen LogP contribution in [0, 0.1) is 0 Å². The fraction of sp³-hybridized carbons (Fsp3) is 0.533. The van der Waals surface area contributed by atoms with Crippen LogP contribution in [0.1, 0.15) is 12.0 Å². The summed E-state index contributed by atoms with van der Waals surface area (Å²) < 4.78 is 11.7. The van der Waals surface area contributed by atoms with Gasteiger partial charge in [0.1, 0.15) is 5.75 Å². The van der Waals surface area contributed by atoms with Gasteiger partial charge in [0.15, 0.2) is 0 Å². The lowest BCUT2D eigenvalue weighted by Gasteiger charge is -2.15. The van der Waals surface area contributed by atoms with Crippen molar-refractivity contribution in [1.82, 2.24) is 10.2 Å². The average Bonchev–Trinajstić information content (AvgIpc) is 2.45. The maximum absolute atomic E-state index is 11.6. The van der Waals surface area contributed by atoms with Crippen molar-refractivity contribution in [1.29, 1.82) is 0 Å². The Labute approximate surface area is 134 Å². The van der Waals surface area contributed by atoms with Crippen LogP contribution < -0.4 is 10.1 Å². The first-order chi connectivity index (χ1) is 10.1. The molecule has 0 saturated carbocycles. The predicted octanol–water partition coefficient (Wildman–Crippen LogP) is 2.04. The SMILES string of the molecule is COCCNCc1cccc(Br)c1OCCC(=O)N(C)C. The van der Waals surface area contributed by atoms with E-state index in [2.05, 4.69) is 21.2 Å². The van der Waals surface area contributed by atoms with E-state index in [4.69, 9.17) is 9.47 Å². The molecule has 0 unspecified atom stereocenters. The molecule has 0 radical (unpaired) electrons. The summed E-state index contributed by atoms with van der Waals surface area (Å²) >= 11 is 3.49. The number of halogens is 1. The molecule has 0 aliphatic carbocycles. The third-order valence-corrected chi connectivity index (χ3v) is 3.53. The number of para-hydroxylation sites is 1. The quantitative estimate of drug-likeness (QED) is 0.686. The third-order valence-electron chi connectivity index (χ3n) is 2.91. The Kier molecular flexibility index (Phi) is 8.34. The average molecular weight is 359 g/mol. The van der Waals surface area contributed by atoms with Crippen molar-refractivity contribution >= 4 is 21.8 Å². The van der Waals surface area contributed by atoms with Gasteiger partial charge in [0, 0.05) is 39.9 Å². The van der Waals surface area contributed by atoms with Gasteiger partial charge in [0.25, 0.3) is 0 Å². The van der Waals surface area contributed by atoms with E-state index >= 15 is 0 Å². The normalized spacial score (nSPS) is 10.5. The summed E-state index contributed by atoms with van der Waals surface area (Å²) in [4.78, 5) is 13.1. The van der Waals surface area contributed by atoms with Gasteiger partial charge in [-0.2, -0.15) is 0 Å². The van der Waals surface area contributed by atoms with Crippen LogP contribution in [-0.4, -0.2) is 51.8 Å². The van der Waals surface area contributed by atoms with Crippen molar-refractivity contribution in [3.8, 4) is 5.75 Å². The lowest BCUT2D eigenvalue weighted by molar-refractivity contribution is -0.129. The van der Waals surface area contributed by atoms with Gasteiger partial charge < -0.3 is 19.7 Å². The number of methoxy groups -OCH3 is 1. The Bertz CT molecular complexity index is 453. The Balaban J connectivity index is 2.56. The zero-order valence-corrected chi connectivity index (χ0v) is 14.4.